The van der Waals surface area contributed by atoms with Gasteiger partial charge in [-0.15, -0.1) is 0 Å². The van der Waals surface area contributed by atoms with E-state index in [1.807, 2.05) is 34.6 Å². The van der Waals surface area contributed by atoms with E-state index < -0.39 is 0 Å². The average Bonchev–Trinajstić information content (AvgIpc) is 3.24. The second-order valence-corrected chi connectivity index (χ2v) is 7.89. The summed E-state index contributed by atoms with van der Waals surface area (Å²) in [5.41, 5.74) is 2.57. The standard InChI is InChI=1S/C19H24N4O3/c1-12-3-2-4-23-13(6-21-18(12)23)5-17(25)22-8-15-14(9-24)16-7-20-10-19(15,11-22)26-16/h2-4,6,14-16,20,24H,5,7-11H2,1H3/t14-,15+,16+,19+/m0/s1. The molecule has 0 unspecified atom stereocenters. The summed E-state index contributed by atoms with van der Waals surface area (Å²) >= 11 is 0. The Kier molecular flexibility index (Phi) is 3.60. The van der Waals surface area contributed by atoms with Crippen LogP contribution in [-0.4, -0.2) is 69.8 Å². The Bertz CT molecular complexity index is 866. The molecule has 7 heteroatoms. The highest BCUT2D eigenvalue weighted by Crippen LogP contribution is 2.47. The number of aromatic nitrogens is 2. The van der Waals surface area contributed by atoms with Crippen molar-refractivity contribution in [2.75, 3.05) is 32.8 Å². The van der Waals surface area contributed by atoms with Crippen LogP contribution in [0.3, 0.4) is 0 Å². The molecule has 0 radical (unpaired) electrons. The highest BCUT2D eigenvalue weighted by atomic mass is 16.5. The molecular formula is C19H24N4O3. The number of aliphatic hydroxyl groups is 1. The fourth-order valence-corrected chi connectivity index (χ4v) is 5.09. The molecule has 3 aliphatic rings. The maximum Gasteiger partial charge on any atom is 0.228 e. The number of aliphatic hydroxyl groups excluding tert-OH is 1. The third kappa shape index (κ3) is 2.24. The molecular weight excluding hydrogens is 332 g/mol. The van der Waals surface area contributed by atoms with Crippen molar-refractivity contribution in [3.63, 3.8) is 0 Å². The first-order valence-corrected chi connectivity index (χ1v) is 9.30. The van der Waals surface area contributed by atoms with E-state index in [9.17, 15) is 9.90 Å². The van der Waals surface area contributed by atoms with Crippen molar-refractivity contribution < 1.29 is 14.6 Å². The molecule has 4 atom stereocenters. The molecule has 3 saturated heterocycles. The van der Waals surface area contributed by atoms with Crippen LogP contribution in [0.5, 0.6) is 0 Å². The molecule has 0 aromatic carbocycles. The number of carbonyl (C=O) groups excluding carboxylic acids is 1. The lowest BCUT2D eigenvalue weighted by Gasteiger charge is -2.33. The molecule has 138 valence electrons. The van der Waals surface area contributed by atoms with Crippen LogP contribution in [0, 0.1) is 18.8 Å². The predicted molar refractivity (Wildman–Crippen MR) is 94.8 cm³/mol. The molecule has 3 aliphatic heterocycles. The Morgan fingerprint density at radius 2 is 2.42 bits per heavy atom. The van der Waals surface area contributed by atoms with Crippen molar-refractivity contribution in [3.05, 3.63) is 35.8 Å². The minimum absolute atomic E-state index is 0.0674. The number of hydrogen-bond donors (Lipinski definition) is 2. The Morgan fingerprint density at radius 3 is 3.27 bits per heavy atom. The molecule has 0 saturated carbocycles. The van der Waals surface area contributed by atoms with Gasteiger partial charge in [0.05, 0.1) is 24.8 Å². The zero-order valence-electron chi connectivity index (χ0n) is 14.9. The van der Waals surface area contributed by atoms with Crippen LogP contribution >= 0.6 is 0 Å². The van der Waals surface area contributed by atoms with Crippen LogP contribution in [0.1, 0.15) is 11.3 Å². The number of pyridine rings is 1. The Labute approximate surface area is 152 Å². The molecule has 2 aromatic heterocycles. The minimum Gasteiger partial charge on any atom is -0.396 e. The Morgan fingerprint density at radius 1 is 1.54 bits per heavy atom. The summed E-state index contributed by atoms with van der Waals surface area (Å²) in [5, 5.41) is 13.2. The van der Waals surface area contributed by atoms with Crippen molar-refractivity contribution in [1.29, 1.82) is 0 Å². The van der Waals surface area contributed by atoms with Crippen LogP contribution in [-0.2, 0) is 16.0 Å². The van der Waals surface area contributed by atoms with Gasteiger partial charge in [-0.05, 0) is 18.6 Å². The normalized spacial score (nSPS) is 33.0. The van der Waals surface area contributed by atoms with E-state index in [2.05, 4.69) is 10.3 Å². The monoisotopic (exact) mass is 356 g/mol. The van der Waals surface area contributed by atoms with Crippen molar-refractivity contribution in [1.82, 2.24) is 19.6 Å². The third-order valence-corrected chi connectivity index (χ3v) is 6.40. The number of hydrogen-bond acceptors (Lipinski definition) is 5. The van der Waals surface area contributed by atoms with Gasteiger partial charge >= 0.3 is 0 Å². The fourth-order valence-electron chi connectivity index (χ4n) is 5.09. The van der Waals surface area contributed by atoms with Crippen LogP contribution in [0.25, 0.3) is 5.65 Å². The van der Waals surface area contributed by atoms with Gasteiger partial charge in [-0.2, -0.15) is 0 Å². The first kappa shape index (κ1) is 16.2. The molecule has 26 heavy (non-hydrogen) atoms. The number of aryl methyl sites for hydroxylation is 1. The summed E-state index contributed by atoms with van der Waals surface area (Å²) in [4.78, 5) is 19.3. The van der Waals surface area contributed by atoms with E-state index in [0.717, 1.165) is 30.0 Å². The number of rotatable bonds is 3. The zero-order valence-corrected chi connectivity index (χ0v) is 14.9. The number of nitrogens with zero attached hydrogens (tertiary/aromatic N) is 3. The molecule has 5 heterocycles. The summed E-state index contributed by atoms with van der Waals surface area (Å²) in [7, 11) is 0. The smallest absolute Gasteiger partial charge is 0.228 e. The van der Waals surface area contributed by atoms with E-state index in [0.29, 0.717) is 19.5 Å². The van der Waals surface area contributed by atoms with Gasteiger partial charge in [-0.3, -0.25) is 4.79 Å². The van der Waals surface area contributed by atoms with E-state index in [1.165, 1.54) is 0 Å². The van der Waals surface area contributed by atoms with Gasteiger partial charge in [0.25, 0.3) is 0 Å². The Hall–Kier alpha value is -1.96. The molecule has 2 bridgehead atoms. The minimum atomic E-state index is -0.331. The zero-order chi connectivity index (χ0) is 17.9. The molecule has 3 fully saturated rings. The molecule has 1 spiro atoms. The molecule has 1 amide bonds. The van der Waals surface area contributed by atoms with Crippen LogP contribution in [0.15, 0.2) is 24.5 Å². The molecule has 0 aliphatic carbocycles. The average molecular weight is 356 g/mol. The van der Waals surface area contributed by atoms with Crippen molar-refractivity contribution in [2.45, 2.75) is 25.0 Å². The fraction of sp³-hybridized carbons (Fsp3) is 0.579. The van der Waals surface area contributed by atoms with Crippen molar-refractivity contribution in [2.24, 2.45) is 11.8 Å². The van der Waals surface area contributed by atoms with E-state index in [-0.39, 0.29) is 36.1 Å². The summed E-state index contributed by atoms with van der Waals surface area (Å²) in [5.74, 6) is 0.418. The van der Waals surface area contributed by atoms with Gasteiger partial charge in [0.1, 0.15) is 11.2 Å². The molecule has 2 N–H and O–H groups in total. The second kappa shape index (κ2) is 5.77. The largest absolute Gasteiger partial charge is 0.396 e. The molecule has 7 nitrogen and oxygen atoms in total. The molecule has 5 rings (SSSR count). The van der Waals surface area contributed by atoms with Crippen molar-refractivity contribution in [3.8, 4) is 0 Å². The predicted octanol–water partition coefficient (Wildman–Crippen LogP) is -0.00708. The quantitative estimate of drug-likeness (QED) is 0.809. The number of carbonyl (C=O) groups is 1. The first-order chi connectivity index (χ1) is 12.6. The van der Waals surface area contributed by atoms with Gasteiger partial charge in [0, 0.05) is 50.5 Å². The maximum absolute atomic E-state index is 13.0. The van der Waals surface area contributed by atoms with E-state index in [4.69, 9.17) is 4.74 Å². The topological polar surface area (TPSA) is 79.1 Å². The highest BCUT2D eigenvalue weighted by Gasteiger charge is 2.61. The van der Waals surface area contributed by atoms with Crippen LogP contribution in [0.2, 0.25) is 0 Å². The van der Waals surface area contributed by atoms with Crippen LogP contribution < -0.4 is 5.32 Å². The van der Waals surface area contributed by atoms with Gasteiger partial charge in [0.15, 0.2) is 0 Å². The first-order valence-electron chi connectivity index (χ1n) is 9.30. The van der Waals surface area contributed by atoms with Gasteiger partial charge in [-0.1, -0.05) is 6.07 Å². The van der Waals surface area contributed by atoms with Crippen molar-refractivity contribution >= 4 is 11.6 Å². The number of morpholine rings is 1. The number of fused-ring (bicyclic) bond motifs is 2. The third-order valence-electron chi connectivity index (χ3n) is 6.40. The number of amides is 1. The van der Waals surface area contributed by atoms with Gasteiger partial charge < -0.3 is 24.5 Å². The second-order valence-electron chi connectivity index (χ2n) is 7.89. The number of nitrogens with one attached hydrogen (secondary N) is 1. The lowest BCUT2D eigenvalue weighted by molar-refractivity contribution is -0.133. The summed E-state index contributed by atoms with van der Waals surface area (Å²) in [6.07, 6.45) is 4.14. The van der Waals surface area contributed by atoms with Gasteiger partial charge in [0.2, 0.25) is 5.91 Å². The summed E-state index contributed by atoms with van der Waals surface area (Å²) in [6.45, 7) is 4.95. The molecule has 2 aromatic rings. The summed E-state index contributed by atoms with van der Waals surface area (Å²) < 4.78 is 8.27. The number of ether oxygens (including phenoxy) is 1. The van der Waals surface area contributed by atoms with E-state index in [1.54, 1.807) is 6.20 Å². The van der Waals surface area contributed by atoms with Crippen LogP contribution in [0.4, 0.5) is 0 Å². The highest BCUT2D eigenvalue weighted by molar-refractivity contribution is 5.79. The van der Waals surface area contributed by atoms with E-state index >= 15 is 0 Å². The Balaban J connectivity index is 1.36. The lowest BCUT2D eigenvalue weighted by atomic mass is 9.83. The maximum atomic E-state index is 13.0. The lowest BCUT2D eigenvalue weighted by Crippen LogP contribution is -2.52. The van der Waals surface area contributed by atoms with Gasteiger partial charge in [-0.25, -0.2) is 4.98 Å². The SMILES string of the molecule is Cc1cccn2c(CC(=O)N3C[C@@H]4[C@H](CO)[C@H]5CNC[C@]4(C3)O5)cnc12. The summed E-state index contributed by atoms with van der Waals surface area (Å²) in [6, 6.07) is 4.00. The number of imidazole rings is 1. The number of likely N-dealkylation sites (tertiary alicyclic amines) is 1.